The number of hydrogen-bond acceptors (Lipinski definition) is 7. The van der Waals surface area contributed by atoms with Gasteiger partial charge < -0.3 is 20.6 Å². The van der Waals surface area contributed by atoms with E-state index in [9.17, 15) is 14.7 Å². The average molecular weight is 458 g/mol. The summed E-state index contributed by atoms with van der Waals surface area (Å²) in [5, 5.41) is 18.9. The summed E-state index contributed by atoms with van der Waals surface area (Å²) in [5.41, 5.74) is 3.49. The number of allylic oxidation sites excluding steroid dienone is 1. The minimum absolute atomic E-state index is 0.0683. The molecule has 164 valence electrons. The number of aliphatic hydroxyl groups excluding tert-OH is 1. The lowest BCUT2D eigenvalue weighted by Gasteiger charge is -2.23. The number of carbonyl (C=O) groups is 2. The number of thioether (sulfide) groups is 1. The molecule has 31 heavy (non-hydrogen) atoms. The molecule has 0 spiro atoms. The van der Waals surface area contributed by atoms with Gasteiger partial charge in [-0.2, -0.15) is 0 Å². The highest BCUT2D eigenvalue weighted by atomic mass is 32.2. The molecule has 1 fully saturated rings. The molecule has 4 rings (SSSR count). The number of rotatable bonds is 7. The van der Waals surface area contributed by atoms with Crippen molar-refractivity contribution in [2.75, 3.05) is 13.1 Å². The first-order valence-electron chi connectivity index (χ1n) is 10.4. The van der Waals surface area contributed by atoms with Gasteiger partial charge in [0.15, 0.2) is 5.78 Å². The predicted octanol–water partition coefficient (Wildman–Crippen LogP) is 3.05. The highest BCUT2D eigenvalue weighted by Gasteiger charge is 2.38. The standard InChI is InChI=1S/C23H27N3O3S2/c1-14-22(31-15(2)25-14)17-7-5-16(6-8-17)11-24-12-20(28)19-10-18(27)13-26(19)23(29)21-4-3-9-30-21/h3-9,15,18-19,24-25,27H,10-13H2,1-2H3/t15?,18-,19+/m1/s1. The van der Waals surface area contributed by atoms with Gasteiger partial charge in [0.1, 0.15) is 0 Å². The van der Waals surface area contributed by atoms with Crippen molar-refractivity contribution in [3.05, 3.63) is 63.5 Å². The van der Waals surface area contributed by atoms with Crippen molar-refractivity contribution in [1.29, 1.82) is 0 Å². The third-order valence-corrected chi connectivity index (χ3v) is 7.65. The van der Waals surface area contributed by atoms with Crippen LogP contribution in [0.4, 0.5) is 0 Å². The Balaban J connectivity index is 1.31. The first-order valence-corrected chi connectivity index (χ1v) is 12.2. The summed E-state index contributed by atoms with van der Waals surface area (Å²) in [5.74, 6) is -0.250. The van der Waals surface area contributed by atoms with Crippen molar-refractivity contribution >= 4 is 39.7 Å². The van der Waals surface area contributed by atoms with Crippen LogP contribution in [0.3, 0.4) is 0 Å². The highest BCUT2D eigenvalue weighted by Crippen LogP contribution is 2.37. The summed E-state index contributed by atoms with van der Waals surface area (Å²) in [6, 6.07) is 11.3. The molecule has 1 aromatic carbocycles. The predicted molar refractivity (Wildman–Crippen MR) is 126 cm³/mol. The number of nitrogens with zero attached hydrogens (tertiary/aromatic N) is 1. The van der Waals surface area contributed by atoms with E-state index in [1.54, 1.807) is 6.07 Å². The third kappa shape index (κ3) is 5.03. The molecule has 3 atom stereocenters. The number of benzene rings is 1. The lowest BCUT2D eigenvalue weighted by molar-refractivity contribution is -0.122. The first kappa shape index (κ1) is 22.1. The smallest absolute Gasteiger partial charge is 0.264 e. The van der Waals surface area contributed by atoms with Gasteiger partial charge >= 0.3 is 0 Å². The van der Waals surface area contributed by atoms with Crippen molar-refractivity contribution in [3.63, 3.8) is 0 Å². The molecule has 2 aromatic rings. The van der Waals surface area contributed by atoms with E-state index in [-0.39, 0.29) is 24.8 Å². The summed E-state index contributed by atoms with van der Waals surface area (Å²) < 4.78 is 0. The Hall–Kier alpha value is -2.13. The van der Waals surface area contributed by atoms with Gasteiger partial charge in [-0.25, -0.2) is 0 Å². The largest absolute Gasteiger partial charge is 0.391 e. The van der Waals surface area contributed by atoms with Gasteiger partial charge in [0.2, 0.25) is 0 Å². The van der Waals surface area contributed by atoms with Crippen LogP contribution in [0.25, 0.3) is 4.91 Å². The Morgan fingerprint density at radius 3 is 2.68 bits per heavy atom. The topological polar surface area (TPSA) is 81.7 Å². The van der Waals surface area contributed by atoms with Crippen molar-refractivity contribution in [2.45, 2.75) is 44.3 Å². The summed E-state index contributed by atoms with van der Waals surface area (Å²) >= 11 is 3.18. The maximum absolute atomic E-state index is 12.8. The fourth-order valence-electron chi connectivity index (χ4n) is 4.06. The van der Waals surface area contributed by atoms with E-state index in [1.807, 2.05) is 23.2 Å². The molecule has 0 radical (unpaired) electrons. The van der Waals surface area contributed by atoms with E-state index >= 15 is 0 Å². The maximum Gasteiger partial charge on any atom is 0.264 e. The minimum Gasteiger partial charge on any atom is -0.391 e. The molecule has 6 nitrogen and oxygen atoms in total. The maximum atomic E-state index is 12.8. The molecule has 0 bridgehead atoms. The van der Waals surface area contributed by atoms with E-state index in [2.05, 4.69) is 48.7 Å². The first-order chi connectivity index (χ1) is 14.9. The van der Waals surface area contributed by atoms with E-state index in [0.29, 0.717) is 23.2 Å². The molecule has 0 aliphatic carbocycles. The minimum atomic E-state index is -0.658. The number of Topliss-reactive ketones (excluding diaryl/α,β-unsaturated/α-hetero) is 1. The van der Waals surface area contributed by atoms with Crippen LogP contribution in [0, 0.1) is 0 Å². The van der Waals surface area contributed by atoms with Crippen LogP contribution in [-0.2, 0) is 11.3 Å². The second kappa shape index (κ2) is 9.56. The summed E-state index contributed by atoms with van der Waals surface area (Å²) in [6.07, 6.45) is -0.362. The van der Waals surface area contributed by atoms with Crippen molar-refractivity contribution in [1.82, 2.24) is 15.5 Å². The Kier molecular flexibility index (Phi) is 6.81. The van der Waals surface area contributed by atoms with Crippen molar-refractivity contribution < 1.29 is 14.7 Å². The molecule has 8 heteroatoms. The van der Waals surface area contributed by atoms with E-state index in [1.165, 1.54) is 32.4 Å². The lowest BCUT2D eigenvalue weighted by atomic mass is 10.1. The fraction of sp³-hybridized carbons (Fsp3) is 0.391. The van der Waals surface area contributed by atoms with Crippen LogP contribution in [-0.4, -0.2) is 52.3 Å². The molecular formula is C23H27N3O3S2. The number of hydrogen-bond donors (Lipinski definition) is 3. The number of likely N-dealkylation sites (tertiary alicyclic amines) is 1. The zero-order valence-electron chi connectivity index (χ0n) is 17.6. The molecule has 1 unspecified atom stereocenters. The number of ketones is 1. The lowest BCUT2D eigenvalue weighted by Crippen LogP contribution is -2.43. The quantitative estimate of drug-likeness (QED) is 0.593. The van der Waals surface area contributed by atoms with Crippen LogP contribution in [0.2, 0.25) is 0 Å². The Bertz CT molecular complexity index is 972. The molecule has 2 aliphatic rings. The van der Waals surface area contributed by atoms with E-state index in [4.69, 9.17) is 0 Å². The van der Waals surface area contributed by atoms with Gasteiger partial charge in [-0.15, -0.1) is 11.3 Å². The molecule has 2 aliphatic heterocycles. The van der Waals surface area contributed by atoms with Gasteiger partial charge in [0.05, 0.1) is 28.9 Å². The Morgan fingerprint density at radius 1 is 1.26 bits per heavy atom. The number of thiophene rings is 1. The van der Waals surface area contributed by atoms with Gasteiger partial charge in [-0.05, 0) is 36.4 Å². The Labute approximate surface area is 190 Å². The van der Waals surface area contributed by atoms with Crippen LogP contribution in [0.5, 0.6) is 0 Å². The zero-order valence-corrected chi connectivity index (χ0v) is 19.3. The number of nitrogens with one attached hydrogen (secondary N) is 2. The van der Waals surface area contributed by atoms with Gasteiger partial charge in [0, 0.05) is 30.1 Å². The highest BCUT2D eigenvalue weighted by molar-refractivity contribution is 8.09. The normalized spacial score (nSPS) is 23.3. The number of amides is 1. The Morgan fingerprint density at radius 2 is 2.03 bits per heavy atom. The molecule has 1 aromatic heterocycles. The van der Waals surface area contributed by atoms with Crippen LogP contribution < -0.4 is 10.6 Å². The summed E-state index contributed by atoms with van der Waals surface area (Å²) in [7, 11) is 0. The third-order valence-electron chi connectivity index (χ3n) is 5.54. The number of β-amino-alcohol motifs (C(OH)–C–C–N with tert-alkyl or cyclic N) is 1. The second-order valence-corrected chi connectivity index (χ2v) is 10.3. The molecule has 3 heterocycles. The molecule has 1 saturated heterocycles. The van der Waals surface area contributed by atoms with Gasteiger partial charge in [-0.1, -0.05) is 42.1 Å². The second-order valence-electron chi connectivity index (χ2n) is 7.97. The molecular weight excluding hydrogens is 430 g/mol. The monoisotopic (exact) mass is 457 g/mol. The van der Waals surface area contributed by atoms with Crippen LogP contribution in [0.15, 0.2) is 47.5 Å². The average Bonchev–Trinajstić information content (AvgIpc) is 3.48. The fourth-order valence-corrected chi connectivity index (χ4v) is 5.83. The van der Waals surface area contributed by atoms with E-state index < -0.39 is 12.1 Å². The summed E-state index contributed by atoms with van der Waals surface area (Å²) in [4.78, 5) is 28.9. The molecule has 3 N–H and O–H groups in total. The zero-order chi connectivity index (χ0) is 22.0. The van der Waals surface area contributed by atoms with Crippen LogP contribution >= 0.6 is 23.1 Å². The van der Waals surface area contributed by atoms with Gasteiger partial charge in [-0.3, -0.25) is 9.59 Å². The van der Waals surface area contributed by atoms with Crippen LogP contribution in [0.1, 0.15) is 41.1 Å². The molecule has 1 amide bonds. The molecule has 0 saturated carbocycles. The van der Waals surface area contributed by atoms with E-state index in [0.717, 1.165) is 5.56 Å². The van der Waals surface area contributed by atoms with Gasteiger partial charge in [0.25, 0.3) is 5.91 Å². The number of carbonyl (C=O) groups excluding carboxylic acids is 2. The SMILES string of the molecule is CC1=C(c2ccc(CNCC(=O)[C@@H]3C[C@@H](O)CN3C(=O)c3cccs3)cc2)SC(C)N1. The summed E-state index contributed by atoms with van der Waals surface area (Å²) in [6.45, 7) is 5.18. The van der Waals surface area contributed by atoms with Crippen molar-refractivity contribution in [2.24, 2.45) is 0 Å². The number of aliphatic hydroxyl groups is 1. The van der Waals surface area contributed by atoms with Crippen molar-refractivity contribution in [3.8, 4) is 0 Å².